The molecule has 0 bridgehead atoms. The predicted molar refractivity (Wildman–Crippen MR) is 63.7 cm³/mol. The molecular formula is C13H16NO2. The molecule has 0 aliphatic carbocycles. The Hall–Kier alpha value is -1.48. The first-order valence-corrected chi connectivity index (χ1v) is 5.49. The van der Waals surface area contributed by atoms with E-state index in [1.807, 2.05) is 32.0 Å². The number of nitrogens with one attached hydrogen (secondary N) is 1. The van der Waals surface area contributed by atoms with Gasteiger partial charge in [0, 0.05) is 29.2 Å². The van der Waals surface area contributed by atoms with E-state index >= 15 is 0 Å². The molecule has 3 nitrogen and oxygen atoms in total. The van der Waals surface area contributed by atoms with Gasteiger partial charge in [0.2, 0.25) is 0 Å². The fourth-order valence-electron chi connectivity index (χ4n) is 1.49. The van der Waals surface area contributed by atoms with Gasteiger partial charge in [-0.2, -0.15) is 0 Å². The van der Waals surface area contributed by atoms with Gasteiger partial charge in [0.15, 0.2) is 0 Å². The first-order chi connectivity index (χ1) is 7.75. The average Bonchev–Trinajstić information content (AvgIpc) is 2.71. The molecule has 0 aliphatic heterocycles. The monoisotopic (exact) mass is 218 g/mol. The molecule has 1 radical (unpaired) electrons. The SMILES string of the molecule is CC(C)OCCOc1ccc2[c]c[nH]c2c1. The lowest BCUT2D eigenvalue weighted by Gasteiger charge is -2.09. The molecule has 2 rings (SSSR count). The third-order valence-electron chi connectivity index (χ3n) is 2.25. The molecule has 0 amide bonds. The van der Waals surface area contributed by atoms with E-state index in [1.165, 1.54) is 0 Å². The Morgan fingerprint density at radius 1 is 1.31 bits per heavy atom. The molecule has 2 aromatic rings. The van der Waals surface area contributed by atoms with Crippen molar-refractivity contribution in [2.75, 3.05) is 13.2 Å². The summed E-state index contributed by atoms with van der Waals surface area (Å²) in [5.41, 5.74) is 1.04. The first-order valence-electron chi connectivity index (χ1n) is 5.49. The Labute approximate surface area is 95.4 Å². The van der Waals surface area contributed by atoms with Crippen LogP contribution in [0.3, 0.4) is 0 Å². The van der Waals surface area contributed by atoms with Crippen LogP contribution in [-0.2, 0) is 4.74 Å². The molecule has 0 atom stereocenters. The summed E-state index contributed by atoms with van der Waals surface area (Å²) in [5.74, 6) is 0.857. The largest absolute Gasteiger partial charge is 0.491 e. The van der Waals surface area contributed by atoms with Gasteiger partial charge in [0.1, 0.15) is 12.4 Å². The molecule has 1 N–H and O–H groups in total. The number of aromatic nitrogens is 1. The third-order valence-corrected chi connectivity index (χ3v) is 2.25. The first kappa shape index (κ1) is 11.0. The predicted octanol–water partition coefficient (Wildman–Crippen LogP) is 2.77. The highest BCUT2D eigenvalue weighted by molar-refractivity contribution is 5.79. The maximum atomic E-state index is 5.57. The number of rotatable bonds is 5. The van der Waals surface area contributed by atoms with Crippen LogP contribution >= 0.6 is 0 Å². The van der Waals surface area contributed by atoms with Gasteiger partial charge in [-0.3, -0.25) is 0 Å². The summed E-state index contributed by atoms with van der Waals surface area (Å²) in [7, 11) is 0. The Morgan fingerprint density at radius 2 is 2.19 bits per heavy atom. The van der Waals surface area contributed by atoms with Crippen LogP contribution in [0.15, 0.2) is 24.4 Å². The lowest BCUT2D eigenvalue weighted by molar-refractivity contribution is 0.0553. The van der Waals surface area contributed by atoms with Crippen molar-refractivity contribution in [2.45, 2.75) is 20.0 Å². The smallest absolute Gasteiger partial charge is 0.121 e. The van der Waals surface area contributed by atoms with Gasteiger partial charge in [0.05, 0.1) is 12.7 Å². The van der Waals surface area contributed by atoms with Crippen LogP contribution in [-0.4, -0.2) is 24.3 Å². The molecule has 3 heteroatoms. The van der Waals surface area contributed by atoms with Crippen LogP contribution in [0.2, 0.25) is 0 Å². The molecule has 0 aliphatic rings. The van der Waals surface area contributed by atoms with E-state index in [9.17, 15) is 0 Å². The number of hydrogen-bond donors (Lipinski definition) is 1. The van der Waals surface area contributed by atoms with Gasteiger partial charge < -0.3 is 14.5 Å². The van der Waals surface area contributed by atoms with Gasteiger partial charge in [-0.05, 0) is 26.0 Å². The number of fused-ring (bicyclic) bond motifs is 1. The summed E-state index contributed by atoms with van der Waals surface area (Å²) in [6.45, 7) is 5.22. The topological polar surface area (TPSA) is 34.2 Å². The summed E-state index contributed by atoms with van der Waals surface area (Å²) < 4.78 is 11.0. The van der Waals surface area contributed by atoms with Crippen molar-refractivity contribution in [1.82, 2.24) is 4.98 Å². The highest BCUT2D eigenvalue weighted by Gasteiger charge is 1.99. The molecule has 0 saturated carbocycles. The van der Waals surface area contributed by atoms with Crippen molar-refractivity contribution in [2.24, 2.45) is 0 Å². The molecule has 0 saturated heterocycles. The van der Waals surface area contributed by atoms with E-state index in [-0.39, 0.29) is 6.10 Å². The summed E-state index contributed by atoms with van der Waals surface area (Å²) >= 11 is 0. The minimum absolute atomic E-state index is 0.254. The maximum Gasteiger partial charge on any atom is 0.121 e. The van der Waals surface area contributed by atoms with E-state index in [4.69, 9.17) is 9.47 Å². The molecule has 0 unspecified atom stereocenters. The van der Waals surface area contributed by atoms with E-state index < -0.39 is 0 Å². The number of benzene rings is 1. The Bertz CT molecular complexity index is 448. The zero-order valence-corrected chi connectivity index (χ0v) is 9.62. The third kappa shape index (κ3) is 2.76. The van der Waals surface area contributed by atoms with Crippen molar-refractivity contribution in [1.29, 1.82) is 0 Å². The second kappa shape index (κ2) is 5.03. The molecule has 85 valence electrons. The number of aromatic amines is 1. The zero-order chi connectivity index (χ0) is 11.4. The molecule has 16 heavy (non-hydrogen) atoms. The molecule has 0 fully saturated rings. The quantitative estimate of drug-likeness (QED) is 0.783. The van der Waals surface area contributed by atoms with Gasteiger partial charge in [-0.15, -0.1) is 0 Å². The van der Waals surface area contributed by atoms with Crippen LogP contribution in [0.5, 0.6) is 5.75 Å². The molecule has 1 heterocycles. The fraction of sp³-hybridized carbons (Fsp3) is 0.385. The molecule has 1 aromatic carbocycles. The standard InChI is InChI=1S/C13H16NO2/c1-10(2)15-7-8-16-12-4-3-11-5-6-14-13(11)9-12/h3-4,6,9-10,14H,7-8H2,1-2H3. The molecular weight excluding hydrogens is 202 g/mol. The van der Waals surface area contributed by atoms with Gasteiger partial charge in [-0.25, -0.2) is 0 Å². The van der Waals surface area contributed by atoms with Crippen molar-refractivity contribution >= 4 is 10.9 Å². The van der Waals surface area contributed by atoms with Crippen molar-refractivity contribution in [3.05, 3.63) is 30.5 Å². The highest BCUT2D eigenvalue weighted by atomic mass is 16.5. The minimum Gasteiger partial charge on any atom is -0.491 e. The molecule has 1 aromatic heterocycles. The van der Waals surface area contributed by atoms with E-state index in [0.29, 0.717) is 13.2 Å². The van der Waals surface area contributed by atoms with Gasteiger partial charge >= 0.3 is 0 Å². The summed E-state index contributed by atoms with van der Waals surface area (Å²) in [6, 6.07) is 9.00. The second-order valence-electron chi connectivity index (χ2n) is 3.91. The normalized spacial score (nSPS) is 11.2. The minimum atomic E-state index is 0.254. The van der Waals surface area contributed by atoms with Crippen molar-refractivity contribution in [3.63, 3.8) is 0 Å². The summed E-state index contributed by atoms with van der Waals surface area (Å²) in [4.78, 5) is 3.10. The number of ether oxygens (including phenoxy) is 2. The zero-order valence-electron chi connectivity index (χ0n) is 9.62. The Morgan fingerprint density at radius 3 is 3.00 bits per heavy atom. The van der Waals surface area contributed by atoms with Crippen LogP contribution in [0.25, 0.3) is 10.9 Å². The Kier molecular flexibility index (Phi) is 3.47. The van der Waals surface area contributed by atoms with E-state index in [2.05, 4.69) is 11.1 Å². The van der Waals surface area contributed by atoms with Gasteiger partial charge in [-0.1, -0.05) is 0 Å². The van der Waals surface area contributed by atoms with Crippen LogP contribution in [0.4, 0.5) is 0 Å². The van der Waals surface area contributed by atoms with Crippen molar-refractivity contribution < 1.29 is 9.47 Å². The number of H-pyrrole nitrogens is 1. The highest BCUT2D eigenvalue weighted by Crippen LogP contribution is 2.18. The lowest BCUT2D eigenvalue weighted by atomic mass is 10.2. The second-order valence-corrected chi connectivity index (χ2v) is 3.91. The maximum absolute atomic E-state index is 5.57. The average molecular weight is 218 g/mol. The van der Waals surface area contributed by atoms with Crippen LogP contribution < -0.4 is 4.74 Å². The summed E-state index contributed by atoms with van der Waals surface area (Å²) in [6.07, 6.45) is 2.06. The number of hydrogen-bond acceptors (Lipinski definition) is 2. The van der Waals surface area contributed by atoms with E-state index in [1.54, 1.807) is 6.20 Å². The van der Waals surface area contributed by atoms with Crippen LogP contribution in [0, 0.1) is 6.07 Å². The van der Waals surface area contributed by atoms with Crippen LogP contribution in [0.1, 0.15) is 13.8 Å². The van der Waals surface area contributed by atoms with E-state index in [0.717, 1.165) is 16.7 Å². The summed E-state index contributed by atoms with van der Waals surface area (Å²) in [5, 5.41) is 1.07. The van der Waals surface area contributed by atoms with Crippen molar-refractivity contribution in [3.8, 4) is 5.75 Å². The Balaban J connectivity index is 1.89. The lowest BCUT2D eigenvalue weighted by Crippen LogP contribution is -2.11. The van der Waals surface area contributed by atoms with Gasteiger partial charge in [0.25, 0.3) is 0 Å². The molecule has 0 spiro atoms. The fourth-order valence-corrected chi connectivity index (χ4v) is 1.49.